The summed E-state index contributed by atoms with van der Waals surface area (Å²) >= 11 is 3.68. The van der Waals surface area contributed by atoms with Gasteiger partial charge in [-0.1, -0.05) is 26.7 Å². The summed E-state index contributed by atoms with van der Waals surface area (Å²) in [7, 11) is 0. The molecule has 0 aromatic carbocycles. The van der Waals surface area contributed by atoms with Gasteiger partial charge in [-0.3, -0.25) is 0 Å². The van der Waals surface area contributed by atoms with Gasteiger partial charge >= 0.3 is 0 Å². The first-order valence-corrected chi connectivity index (χ1v) is 6.37. The maximum absolute atomic E-state index is 3.29. The molecule has 2 radical (unpaired) electrons. The summed E-state index contributed by atoms with van der Waals surface area (Å²) in [5.41, 5.74) is 0. The van der Waals surface area contributed by atoms with E-state index in [1.807, 2.05) is 23.5 Å². The molecule has 0 unspecified atom stereocenters. The first-order chi connectivity index (χ1) is 5.41. The molecule has 0 spiro atoms. The number of hydrogen-bond acceptors (Lipinski definition) is 2. The summed E-state index contributed by atoms with van der Waals surface area (Å²) < 4.78 is 0. The fourth-order valence-electron chi connectivity index (χ4n) is 0.558. The van der Waals surface area contributed by atoms with Gasteiger partial charge in [-0.25, -0.2) is 0 Å². The maximum atomic E-state index is 3.29. The Morgan fingerprint density at radius 2 is 1.36 bits per heavy atom. The molecule has 0 amide bonds. The van der Waals surface area contributed by atoms with E-state index in [1.54, 1.807) is 0 Å². The van der Waals surface area contributed by atoms with E-state index in [9.17, 15) is 0 Å². The SMILES string of the molecule is CCCCS[C]SCCCC. The Hall–Kier alpha value is 0.700. The Balaban J connectivity index is 2.69. The highest BCUT2D eigenvalue weighted by Crippen LogP contribution is 2.20. The Labute approximate surface area is 79.9 Å². The first kappa shape index (κ1) is 11.7. The Morgan fingerprint density at radius 1 is 0.909 bits per heavy atom. The third kappa shape index (κ3) is 10.7. The Kier molecular flexibility index (Phi) is 11.4. The molecule has 0 bridgehead atoms. The second-order valence-electron chi connectivity index (χ2n) is 2.49. The van der Waals surface area contributed by atoms with Crippen LogP contribution in [0.4, 0.5) is 0 Å². The van der Waals surface area contributed by atoms with E-state index in [0.29, 0.717) is 0 Å². The summed E-state index contributed by atoms with van der Waals surface area (Å²) in [5.74, 6) is 2.49. The third-order valence-electron chi connectivity index (χ3n) is 1.32. The molecular formula is C9H18S2. The summed E-state index contributed by atoms with van der Waals surface area (Å²) in [6.45, 7) is 4.45. The van der Waals surface area contributed by atoms with Crippen LogP contribution in [0.3, 0.4) is 0 Å². The molecule has 0 aromatic heterocycles. The smallest absolute Gasteiger partial charge is 0.113 e. The van der Waals surface area contributed by atoms with Crippen LogP contribution < -0.4 is 0 Å². The van der Waals surface area contributed by atoms with E-state index in [2.05, 4.69) is 18.9 Å². The second-order valence-corrected chi connectivity index (χ2v) is 4.55. The molecule has 0 saturated carbocycles. The van der Waals surface area contributed by atoms with Crippen molar-refractivity contribution in [2.24, 2.45) is 0 Å². The van der Waals surface area contributed by atoms with Crippen molar-refractivity contribution in [3.05, 3.63) is 5.08 Å². The lowest BCUT2D eigenvalue weighted by Crippen LogP contribution is -1.77. The van der Waals surface area contributed by atoms with E-state index in [1.165, 1.54) is 37.2 Å². The van der Waals surface area contributed by atoms with Crippen LogP contribution in [0.1, 0.15) is 39.5 Å². The number of thioether (sulfide) groups is 2. The lowest BCUT2D eigenvalue weighted by molar-refractivity contribution is 0.896. The minimum atomic E-state index is 1.25. The highest BCUT2D eigenvalue weighted by molar-refractivity contribution is 8.19. The minimum absolute atomic E-state index is 1.25. The Morgan fingerprint density at radius 3 is 1.73 bits per heavy atom. The molecular weight excluding hydrogens is 172 g/mol. The largest absolute Gasteiger partial charge is 0.139 e. The predicted octanol–water partition coefficient (Wildman–Crippen LogP) is 4.05. The van der Waals surface area contributed by atoms with Crippen LogP contribution >= 0.6 is 23.5 Å². The van der Waals surface area contributed by atoms with Crippen molar-refractivity contribution in [3.63, 3.8) is 0 Å². The molecule has 0 aliphatic carbocycles. The highest BCUT2D eigenvalue weighted by Gasteiger charge is 1.90. The standard InChI is InChI=1S/C9H18S2/c1-3-5-7-10-9-11-8-6-4-2/h3-8H2,1-2H3. The zero-order valence-electron chi connectivity index (χ0n) is 7.56. The average Bonchev–Trinajstić information content (AvgIpc) is 2.03. The number of hydrogen-bond donors (Lipinski definition) is 0. The second kappa shape index (κ2) is 10.7. The minimum Gasteiger partial charge on any atom is -0.139 e. The van der Waals surface area contributed by atoms with Gasteiger partial charge in [-0.15, -0.1) is 23.5 Å². The van der Waals surface area contributed by atoms with Crippen molar-refractivity contribution >= 4 is 23.5 Å². The van der Waals surface area contributed by atoms with Crippen LogP contribution in [0, 0.1) is 5.08 Å². The molecule has 0 aliphatic heterocycles. The predicted molar refractivity (Wildman–Crippen MR) is 58.0 cm³/mol. The monoisotopic (exact) mass is 190 g/mol. The zero-order chi connectivity index (χ0) is 8.36. The van der Waals surface area contributed by atoms with E-state index in [0.717, 1.165) is 0 Å². The molecule has 11 heavy (non-hydrogen) atoms. The van der Waals surface area contributed by atoms with Gasteiger partial charge in [0.25, 0.3) is 0 Å². The molecule has 2 heteroatoms. The summed E-state index contributed by atoms with van der Waals surface area (Å²) in [6, 6.07) is 0. The van der Waals surface area contributed by atoms with Gasteiger partial charge in [0.15, 0.2) is 0 Å². The molecule has 0 atom stereocenters. The lowest BCUT2D eigenvalue weighted by Gasteiger charge is -1.97. The van der Waals surface area contributed by atoms with Crippen molar-refractivity contribution in [3.8, 4) is 0 Å². The topological polar surface area (TPSA) is 0 Å². The van der Waals surface area contributed by atoms with Crippen LogP contribution in [0.25, 0.3) is 0 Å². The summed E-state index contributed by atoms with van der Waals surface area (Å²) in [6.07, 6.45) is 5.25. The number of rotatable bonds is 8. The van der Waals surface area contributed by atoms with Crippen molar-refractivity contribution in [1.29, 1.82) is 0 Å². The van der Waals surface area contributed by atoms with Crippen molar-refractivity contribution in [2.75, 3.05) is 11.5 Å². The van der Waals surface area contributed by atoms with Crippen LogP contribution in [-0.2, 0) is 0 Å². The molecule has 66 valence electrons. The molecule has 0 saturated heterocycles. The third-order valence-corrected chi connectivity index (χ3v) is 3.25. The van der Waals surface area contributed by atoms with Crippen LogP contribution in [0.5, 0.6) is 0 Å². The Bertz CT molecular complexity index is 56.6. The van der Waals surface area contributed by atoms with Gasteiger partial charge in [0, 0.05) is 0 Å². The normalized spacial score (nSPS) is 10.4. The zero-order valence-corrected chi connectivity index (χ0v) is 9.19. The van der Waals surface area contributed by atoms with Crippen molar-refractivity contribution in [2.45, 2.75) is 39.5 Å². The average molecular weight is 190 g/mol. The van der Waals surface area contributed by atoms with Gasteiger partial charge < -0.3 is 0 Å². The van der Waals surface area contributed by atoms with Crippen LogP contribution in [-0.4, -0.2) is 11.5 Å². The first-order valence-electron chi connectivity index (χ1n) is 4.40. The summed E-state index contributed by atoms with van der Waals surface area (Å²) in [4.78, 5) is 0. The lowest BCUT2D eigenvalue weighted by atomic mass is 10.4. The van der Waals surface area contributed by atoms with Gasteiger partial charge in [0.1, 0.15) is 5.08 Å². The van der Waals surface area contributed by atoms with Crippen LogP contribution in [0.15, 0.2) is 0 Å². The molecule has 0 aromatic rings. The van der Waals surface area contributed by atoms with Crippen molar-refractivity contribution in [1.82, 2.24) is 0 Å². The molecule has 0 heterocycles. The molecule has 0 fully saturated rings. The van der Waals surface area contributed by atoms with Gasteiger partial charge in [0.05, 0.1) is 0 Å². The van der Waals surface area contributed by atoms with Gasteiger partial charge in [-0.2, -0.15) is 0 Å². The quantitative estimate of drug-likeness (QED) is 0.530. The maximum Gasteiger partial charge on any atom is 0.113 e. The molecule has 0 aliphatic rings. The fraction of sp³-hybridized carbons (Fsp3) is 0.889. The van der Waals surface area contributed by atoms with E-state index in [-0.39, 0.29) is 0 Å². The van der Waals surface area contributed by atoms with E-state index >= 15 is 0 Å². The van der Waals surface area contributed by atoms with Gasteiger partial charge in [0.2, 0.25) is 0 Å². The number of unbranched alkanes of at least 4 members (excludes halogenated alkanes) is 2. The summed E-state index contributed by atoms with van der Waals surface area (Å²) in [5, 5.41) is 3.29. The highest BCUT2D eigenvalue weighted by atomic mass is 32.2. The molecule has 0 nitrogen and oxygen atoms in total. The molecule has 0 rings (SSSR count). The fourth-order valence-corrected chi connectivity index (χ4v) is 2.42. The van der Waals surface area contributed by atoms with Gasteiger partial charge in [-0.05, 0) is 24.3 Å². The molecule has 0 N–H and O–H groups in total. The van der Waals surface area contributed by atoms with E-state index in [4.69, 9.17) is 0 Å². The van der Waals surface area contributed by atoms with Crippen molar-refractivity contribution < 1.29 is 0 Å². The van der Waals surface area contributed by atoms with E-state index < -0.39 is 0 Å². The van der Waals surface area contributed by atoms with Crippen LogP contribution in [0.2, 0.25) is 0 Å².